The van der Waals surface area contributed by atoms with Gasteiger partial charge in [0.15, 0.2) is 0 Å². The molecule has 0 spiro atoms. The van der Waals surface area contributed by atoms with Gasteiger partial charge >= 0.3 is 6.36 Å². The predicted octanol–water partition coefficient (Wildman–Crippen LogP) is 4.49. The second kappa shape index (κ2) is 7.68. The molecular formula is C18H20F3NO2. The van der Waals surface area contributed by atoms with Gasteiger partial charge in [0.25, 0.3) is 0 Å². The number of halogens is 3. The molecule has 0 aromatic heterocycles. The maximum Gasteiger partial charge on any atom is 0.573 e. The quantitative estimate of drug-likeness (QED) is 0.815. The van der Waals surface area contributed by atoms with Crippen LogP contribution >= 0.6 is 0 Å². The van der Waals surface area contributed by atoms with Gasteiger partial charge in [-0.25, -0.2) is 0 Å². The molecule has 2 aromatic carbocycles. The highest BCUT2D eigenvalue weighted by molar-refractivity contribution is 5.30. The second-order valence-electron chi connectivity index (χ2n) is 5.63. The number of rotatable bonds is 6. The summed E-state index contributed by atoms with van der Waals surface area (Å²) in [5.41, 5.74) is 2.72. The first-order valence-electron chi connectivity index (χ1n) is 7.60. The molecule has 130 valence electrons. The molecule has 0 aliphatic carbocycles. The molecule has 0 fully saturated rings. The highest BCUT2D eigenvalue weighted by Gasteiger charge is 2.31. The zero-order valence-electron chi connectivity index (χ0n) is 13.5. The SMILES string of the molecule is CC(NC(C)c1cccc(CO)c1)c1ccc(OC(F)(F)F)cc1. The lowest BCUT2D eigenvalue weighted by Gasteiger charge is -2.21. The molecule has 0 radical (unpaired) electrons. The average molecular weight is 339 g/mol. The zero-order chi connectivity index (χ0) is 17.7. The number of aliphatic hydroxyl groups is 1. The largest absolute Gasteiger partial charge is 0.573 e. The van der Waals surface area contributed by atoms with Crippen LogP contribution in [0.5, 0.6) is 5.75 Å². The van der Waals surface area contributed by atoms with Crippen LogP contribution in [0.25, 0.3) is 0 Å². The van der Waals surface area contributed by atoms with E-state index >= 15 is 0 Å². The number of aliphatic hydroxyl groups excluding tert-OH is 1. The minimum atomic E-state index is -4.68. The van der Waals surface area contributed by atoms with Gasteiger partial charge in [0, 0.05) is 12.1 Å². The Balaban J connectivity index is 2.02. The van der Waals surface area contributed by atoms with Crippen molar-refractivity contribution in [3.8, 4) is 5.75 Å². The molecular weight excluding hydrogens is 319 g/mol. The van der Waals surface area contributed by atoms with Crippen molar-refractivity contribution in [3.63, 3.8) is 0 Å². The Kier molecular flexibility index (Phi) is 5.85. The van der Waals surface area contributed by atoms with Crippen LogP contribution in [0, 0.1) is 0 Å². The molecule has 2 rings (SSSR count). The first-order valence-corrected chi connectivity index (χ1v) is 7.60. The lowest BCUT2D eigenvalue weighted by Crippen LogP contribution is -2.22. The molecule has 2 atom stereocenters. The standard InChI is InChI=1S/C18H20F3NO2/c1-12(15-6-8-17(9-7-15)24-18(19,20)21)22-13(2)16-5-3-4-14(10-16)11-23/h3-10,12-13,22-23H,11H2,1-2H3. The monoisotopic (exact) mass is 339 g/mol. The summed E-state index contributed by atoms with van der Waals surface area (Å²) in [6.07, 6.45) is -4.68. The fourth-order valence-corrected chi connectivity index (χ4v) is 2.49. The van der Waals surface area contributed by atoms with Crippen molar-refractivity contribution >= 4 is 0 Å². The highest BCUT2D eigenvalue weighted by Crippen LogP contribution is 2.25. The third-order valence-electron chi connectivity index (χ3n) is 3.75. The Morgan fingerprint density at radius 2 is 1.62 bits per heavy atom. The van der Waals surface area contributed by atoms with Gasteiger partial charge in [0.2, 0.25) is 0 Å². The number of alkyl halides is 3. The van der Waals surface area contributed by atoms with Crippen molar-refractivity contribution in [2.75, 3.05) is 0 Å². The molecule has 2 aromatic rings. The van der Waals surface area contributed by atoms with E-state index in [0.717, 1.165) is 16.7 Å². The Bertz CT molecular complexity index is 656. The Morgan fingerprint density at radius 3 is 2.21 bits per heavy atom. The molecule has 2 unspecified atom stereocenters. The van der Waals surface area contributed by atoms with E-state index in [9.17, 15) is 18.3 Å². The minimum absolute atomic E-state index is 0.0171. The number of nitrogens with one attached hydrogen (secondary N) is 1. The zero-order valence-corrected chi connectivity index (χ0v) is 13.5. The van der Waals surface area contributed by atoms with Gasteiger partial charge in [-0.2, -0.15) is 0 Å². The molecule has 6 heteroatoms. The van der Waals surface area contributed by atoms with Crippen LogP contribution in [0.4, 0.5) is 13.2 Å². The topological polar surface area (TPSA) is 41.5 Å². The third kappa shape index (κ3) is 5.25. The summed E-state index contributed by atoms with van der Waals surface area (Å²) in [5.74, 6) is -0.234. The molecule has 0 saturated heterocycles. The molecule has 2 N–H and O–H groups in total. The lowest BCUT2D eigenvalue weighted by atomic mass is 10.0. The number of ether oxygens (including phenoxy) is 1. The normalized spacial score (nSPS) is 14.2. The second-order valence-corrected chi connectivity index (χ2v) is 5.63. The summed E-state index contributed by atoms with van der Waals surface area (Å²) in [4.78, 5) is 0. The summed E-state index contributed by atoms with van der Waals surface area (Å²) in [7, 11) is 0. The lowest BCUT2D eigenvalue weighted by molar-refractivity contribution is -0.274. The molecule has 0 heterocycles. The van der Waals surface area contributed by atoms with Crippen LogP contribution < -0.4 is 10.1 Å². The minimum Gasteiger partial charge on any atom is -0.406 e. The van der Waals surface area contributed by atoms with E-state index < -0.39 is 6.36 Å². The summed E-state index contributed by atoms with van der Waals surface area (Å²) in [5, 5.41) is 12.6. The molecule has 0 aliphatic heterocycles. The van der Waals surface area contributed by atoms with Gasteiger partial charge in [0.05, 0.1) is 6.61 Å². The number of benzene rings is 2. The van der Waals surface area contributed by atoms with Gasteiger partial charge in [-0.15, -0.1) is 13.2 Å². The van der Waals surface area contributed by atoms with Crippen molar-refractivity contribution in [1.29, 1.82) is 0 Å². The van der Waals surface area contributed by atoms with E-state index in [1.165, 1.54) is 12.1 Å². The Hall–Kier alpha value is -2.05. The van der Waals surface area contributed by atoms with Gasteiger partial charge in [0.1, 0.15) is 5.75 Å². The molecule has 24 heavy (non-hydrogen) atoms. The number of hydrogen-bond acceptors (Lipinski definition) is 3. The summed E-state index contributed by atoms with van der Waals surface area (Å²) >= 11 is 0. The Labute approximate surface area is 139 Å². The van der Waals surface area contributed by atoms with Crippen LogP contribution in [0.3, 0.4) is 0 Å². The van der Waals surface area contributed by atoms with E-state index in [2.05, 4.69) is 10.1 Å². The maximum absolute atomic E-state index is 12.2. The molecule has 0 saturated carbocycles. The van der Waals surface area contributed by atoms with E-state index in [-0.39, 0.29) is 24.4 Å². The molecule has 0 bridgehead atoms. The fourth-order valence-electron chi connectivity index (χ4n) is 2.49. The smallest absolute Gasteiger partial charge is 0.406 e. The van der Waals surface area contributed by atoms with E-state index in [4.69, 9.17) is 0 Å². The van der Waals surface area contributed by atoms with Crippen molar-refractivity contribution in [1.82, 2.24) is 5.32 Å². The first kappa shape index (κ1) is 18.3. The highest BCUT2D eigenvalue weighted by atomic mass is 19.4. The van der Waals surface area contributed by atoms with E-state index in [0.29, 0.717) is 0 Å². The summed E-state index contributed by atoms with van der Waals surface area (Å²) in [6.45, 7) is 3.91. The van der Waals surface area contributed by atoms with Crippen molar-refractivity contribution in [3.05, 3.63) is 65.2 Å². The first-order chi connectivity index (χ1) is 11.3. The van der Waals surface area contributed by atoms with Gasteiger partial charge in [-0.05, 0) is 42.7 Å². The van der Waals surface area contributed by atoms with Crippen LogP contribution in [0.2, 0.25) is 0 Å². The van der Waals surface area contributed by atoms with E-state index in [1.807, 2.05) is 38.1 Å². The van der Waals surface area contributed by atoms with Gasteiger partial charge < -0.3 is 15.2 Å². The van der Waals surface area contributed by atoms with Crippen molar-refractivity contribution in [2.24, 2.45) is 0 Å². The summed E-state index contributed by atoms with van der Waals surface area (Å²) in [6, 6.07) is 13.4. The van der Waals surface area contributed by atoms with Crippen molar-refractivity contribution < 1.29 is 23.0 Å². The van der Waals surface area contributed by atoms with Crippen LogP contribution in [0.15, 0.2) is 48.5 Å². The van der Waals surface area contributed by atoms with Gasteiger partial charge in [-0.3, -0.25) is 0 Å². The van der Waals surface area contributed by atoms with Crippen molar-refractivity contribution in [2.45, 2.75) is 38.9 Å². The maximum atomic E-state index is 12.2. The van der Waals surface area contributed by atoms with Gasteiger partial charge in [-0.1, -0.05) is 36.4 Å². The van der Waals surface area contributed by atoms with Crippen LogP contribution in [-0.4, -0.2) is 11.5 Å². The van der Waals surface area contributed by atoms with Crippen LogP contribution in [-0.2, 0) is 6.61 Å². The number of hydrogen-bond donors (Lipinski definition) is 2. The predicted molar refractivity (Wildman–Crippen MR) is 85.5 cm³/mol. The fraction of sp³-hybridized carbons (Fsp3) is 0.333. The summed E-state index contributed by atoms with van der Waals surface area (Å²) < 4.78 is 40.4. The molecule has 0 aliphatic rings. The third-order valence-corrected chi connectivity index (χ3v) is 3.75. The van der Waals surface area contributed by atoms with E-state index in [1.54, 1.807) is 12.1 Å². The molecule has 0 amide bonds. The Morgan fingerprint density at radius 1 is 1.00 bits per heavy atom. The average Bonchev–Trinajstić information content (AvgIpc) is 2.54. The molecule has 3 nitrogen and oxygen atoms in total. The van der Waals surface area contributed by atoms with Crippen LogP contribution in [0.1, 0.15) is 42.6 Å².